The van der Waals surface area contributed by atoms with Crippen molar-refractivity contribution in [3.8, 4) is 11.3 Å². The molecule has 0 spiro atoms. The second kappa shape index (κ2) is 3.38. The third kappa shape index (κ3) is 1.49. The lowest BCUT2D eigenvalue weighted by Gasteiger charge is -1.96. The predicted molar refractivity (Wildman–Crippen MR) is 67.7 cm³/mol. The van der Waals surface area contributed by atoms with Gasteiger partial charge in [0.2, 0.25) is 0 Å². The molecule has 0 atom stereocenters. The Balaban J connectivity index is 2.20. The zero-order valence-electron chi connectivity index (χ0n) is 9.74. The first-order chi connectivity index (χ1) is 8.15. The zero-order chi connectivity index (χ0) is 12.0. The number of nitrogens with zero attached hydrogens (tertiary/aromatic N) is 1. The second-order valence-corrected chi connectivity index (χ2v) is 4.25. The van der Waals surface area contributed by atoms with Crippen molar-refractivity contribution in [3.63, 3.8) is 0 Å². The Morgan fingerprint density at radius 3 is 2.76 bits per heavy atom. The molecule has 17 heavy (non-hydrogen) atoms. The van der Waals surface area contributed by atoms with Crippen LogP contribution in [0.15, 0.2) is 28.8 Å². The molecular weight excluding hydrogens is 214 g/mol. The molecule has 0 aliphatic rings. The summed E-state index contributed by atoms with van der Waals surface area (Å²) in [6.07, 6.45) is 0. The average molecular weight is 227 g/mol. The zero-order valence-corrected chi connectivity index (χ0v) is 9.74. The van der Waals surface area contributed by atoms with Gasteiger partial charge in [-0.15, -0.1) is 0 Å². The van der Waals surface area contributed by atoms with Crippen molar-refractivity contribution in [3.05, 3.63) is 35.5 Å². The van der Waals surface area contributed by atoms with Crippen LogP contribution in [-0.2, 0) is 0 Å². The van der Waals surface area contributed by atoms with Crippen molar-refractivity contribution in [1.29, 1.82) is 0 Å². The molecule has 3 aromatic rings. The lowest BCUT2D eigenvalue weighted by atomic mass is 10.1. The van der Waals surface area contributed by atoms with Crippen molar-refractivity contribution in [1.82, 2.24) is 10.1 Å². The van der Waals surface area contributed by atoms with E-state index in [9.17, 15) is 0 Å². The normalized spacial score (nSPS) is 11.2. The highest BCUT2D eigenvalue weighted by Crippen LogP contribution is 2.28. The van der Waals surface area contributed by atoms with Gasteiger partial charge >= 0.3 is 0 Å². The number of aryl methyl sites for hydroxylation is 2. The van der Waals surface area contributed by atoms with Crippen molar-refractivity contribution in [2.45, 2.75) is 13.8 Å². The van der Waals surface area contributed by atoms with Crippen molar-refractivity contribution < 1.29 is 4.52 Å². The van der Waals surface area contributed by atoms with Gasteiger partial charge < -0.3 is 15.2 Å². The van der Waals surface area contributed by atoms with Gasteiger partial charge in [-0.05, 0) is 25.5 Å². The van der Waals surface area contributed by atoms with Crippen LogP contribution in [0, 0.1) is 13.8 Å². The van der Waals surface area contributed by atoms with E-state index >= 15 is 0 Å². The Labute approximate surface area is 98.4 Å². The largest absolute Gasteiger partial charge is 0.381 e. The molecule has 4 heteroatoms. The molecule has 86 valence electrons. The van der Waals surface area contributed by atoms with Crippen LogP contribution in [0.5, 0.6) is 0 Å². The molecule has 3 N–H and O–H groups in total. The number of aromatic nitrogens is 2. The van der Waals surface area contributed by atoms with Crippen LogP contribution in [0.1, 0.15) is 11.3 Å². The number of aromatic amines is 1. The monoisotopic (exact) mass is 227 g/mol. The van der Waals surface area contributed by atoms with Crippen molar-refractivity contribution in [2.75, 3.05) is 5.73 Å². The van der Waals surface area contributed by atoms with E-state index < -0.39 is 0 Å². The maximum atomic E-state index is 5.54. The number of hydrogen-bond donors (Lipinski definition) is 2. The molecule has 0 unspecified atom stereocenters. The standard InChI is InChI=1S/C13H13N3O/c1-7-8(2)15-11-5-9(3-4-10(7)11)12-6-13(14)16-17-12/h3-6,15H,1-2H3,(H2,14,16). The number of anilines is 1. The Morgan fingerprint density at radius 2 is 2.06 bits per heavy atom. The van der Waals surface area contributed by atoms with E-state index in [2.05, 4.69) is 36.1 Å². The van der Waals surface area contributed by atoms with Gasteiger partial charge in [-0.25, -0.2) is 0 Å². The summed E-state index contributed by atoms with van der Waals surface area (Å²) in [6.45, 7) is 4.18. The van der Waals surface area contributed by atoms with Gasteiger partial charge in [0.15, 0.2) is 11.6 Å². The quantitative estimate of drug-likeness (QED) is 0.671. The molecule has 4 nitrogen and oxygen atoms in total. The minimum atomic E-state index is 0.402. The fourth-order valence-corrected chi connectivity index (χ4v) is 2.05. The van der Waals surface area contributed by atoms with E-state index in [-0.39, 0.29) is 0 Å². The number of fused-ring (bicyclic) bond motifs is 1. The summed E-state index contributed by atoms with van der Waals surface area (Å²) in [6, 6.07) is 7.88. The van der Waals surface area contributed by atoms with E-state index in [4.69, 9.17) is 10.3 Å². The maximum Gasteiger partial charge on any atom is 0.169 e. The molecular formula is C13H13N3O. The van der Waals surface area contributed by atoms with E-state index in [0.717, 1.165) is 11.1 Å². The van der Waals surface area contributed by atoms with Gasteiger partial charge in [-0.2, -0.15) is 0 Å². The Morgan fingerprint density at radius 1 is 1.24 bits per heavy atom. The highest BCUT2D eigenvalue weighted by molar-refractivity contribution is 5.88. The third-order valence-electron chi connectivity index (χ3n) is 3.12. The summed E-state index contributed by atoms with van der Waals surface area (Å²) in [5.41, 5.74) is 10.1. The summed E-state index contributed by atoms with van der Waals surface area (Å²) >= 11 is 0. The van der Waals surface area contributed by atoms with Crippen LogP contribution in [0.25, 0.3) is 22.2 Å². The maximum absolute atomic E-state index is 5.54. The fraction of sp³-hybridized carbons (Fsp3) is 0.154. The molecule has 0 bridgehead atoms. The molecule has 0 radical (unpaired) electrons. The van der Waals surface area contributed by atoms with Crippen LogP contribution in [0.4, 0.5) is 5.82 Å². The van der Waals surface area contributed by atoms with E-state index in [1.54, 1.807) is 6.07 Å². The van der Waals surface area contributed by atoms with Crippen LogP contribution in [0.3, 0.4) is 0 Å². The Hall–Kier alpha value is -2.23. The number of nitrogen functional groups attached to an aromatic ring is 1. The Bertz CT molecular complexity index is 694. The lowest BCUT2D eigenvalue weighted by Crippen LogP contribution is -1.80. The van der Waals surface area contributed by atoms with E-state index in [1.165, 1.54) is 16.6 Å². The topological polar surface area (TPSA) is 67.8 Å². The average Bonchev–Trinajstić information content (AvgIpc) is 2.85. The smallest absolute Gasteiger partial charge is 0.169 e. The molecule has 0 aliphatic carbocycles. The summed E-state index contributed by atoms with van der Waals surface area (Å²) in [4.78, 5) is 3.35. The van der Waals surface area contributed by atoms with Gasteiger partial charge in [0.25, 0.3) is 0 Å². The molecule has 2 aromatic heterocycles. The third-order valence-corrected chi connectivity index (χ3v) is 3.12. The SMILES string of the molecule is Cc1[nH]c2cc(-c3cc(N)no3)ccc2c1C. The van der Waals surface area contributed by atoms with Crippen LogP contribution in [-0.4, -0.2) is 10.1 Å². The summed E-state index contributed by atoms with van der Waals surface area (Å²) in [7, 11) is 0. The first kappa shape index (κ1) is 9.96. The van der Waals surface area contributed by atoms with Gasteiger partial charge in [0.1, 0.15) is 0 Å². The van der Waals surface area contributed by atoms with E-state index in [1.807, 2.05) is 6.07 Å². The number of nitrogens with one attached hydrogen (secondary N) is 1. The van der Waals surface area contributed by atoms with E-state index in [0.29, 0.717) is 11.6 Å². The number of benzene rings is 1. The van der Waals surface area contributed by atoms with Gasteiger partial charge in [-0.3, -0.25) is 0 Å². The first-order valence-electron chi connectivity index (χ1n) is 5.46. The predicted octanol–water partition coefficient (Wildman–Crippen LogP) is 3.02. The number of hydrogen-bond acceptors (Lipinski definition) is 3. The minimum absolute atomic E-state index is 0.402. The molecule has 0 amide bonds. The fourth-order valence-electron chi connectivity index (χ4n) is 2.05. The number of H-pyrrole nitrogens is 1. The molecule has 2 heterocycles. The summed E-state index contributed by atoms with van der Waals surface area (Å²) in [5.74, 6) is 1.09. The highest BCUT2D eigenvalue weighted by Gasteiger charge is 2.08. The summed E-state index contributed by atoms with van der Waals surface area (Å²) in [5, 5.41) is 4.92. The second-order valence-electron chi connectivity index (χ2n) is 4.25. The van der Waals surface area contributed by atoms with Gasteiger partial charge in [-0.1, -0.05) is 17.3 Å². The molecule has 1 aromatic carbocycles. The molecule has 0 fully saturated rings. The number of nitrogens with two attached hydrogens (primary N) is 1. The van der Waals surface area contributed by atoms with Gasteiger partial charge in [0.05, 0.1) is 0 Å². The van der Waals surface area contributed by atoms with Crippen LogP contribution in [0.2, 0.25) is 0 Å². The first-order valence-corrected chi connectivity index (χ1v) is 5.46. The molecule has 0 aliphatic heterocycles. The molecule has 0 saturated carbocycles. The molecule has 3 rings (SSSR count). The van der Waals surface area contributed by atoms with Crippen LogP contribution >= 0.6 is 0 Å². The highest BCUT2D eigenvalue weighted by atomic mass is 16.5. The molecule has 0 saturated heterocycles. The lowest BCUT2D eigenvalue weighted by molar-refractivity contribution is 0.436. The minimum Gasteiger partial charge on any atom is -0.381 e. The Kier molecular flexibility index (Phi) is 1.98. The van der Waals surface area contributed by atoms with Crippen molar-refractivity contribution in [2.24, 2.45) is 0 Å². The summed E-state index contributed by atoms with van der Waals surface area (Å²) < 4.78 is 5.15. The van der Waals surface area contributed by atoms with Crippen LogP contribution < -0.4 is 5.73 Å². The van der Waals surface area contributed by atoms with Gasteiger partial charge in [0, 0.05) is 28.2 Å². The van der Waals surface area contributed by atoms with Crippen molar-refractivity contribution >= 4 is 16.7 Å². The number of rotatable bonds is 1.